The molecule has 162 valence electrons. The number of aromatic nitrogens is 1. The highest BCUT2D eigenvalue weighted by Gasteiger charge is 2.28. The lowest BCUT2D eigenvalue weighted by Crippen LogP contribution is -2.30. The third-order valence-corrected chi connectivity index (χ3v) is 7.24. The van der Waals surface area contributed by atoms with Gasteiger partial charge in [-0.2, -0.15) is 0 Å². The number of nitrogens with zero attached hydrogens (tertiary/aromatic N) is 2. The van der Waals surface area contributed by atoms with Crippen molar-refractivity contribution in [2.24, 2.45) is 7.05 Å². The second-order valence-corrected chi connectivity index (χ2v) is 9.64. The maximum absolute atomic E-state index is 8.07. The molecule has 0 spiro atoms. The summed E-state index contributed by atoms with van der Waals surface area (Å²) in [6.07, 6.45) is 8.15. The maximum Gasteiger partial charge on any atom is 0.216 e. The third kappa shape index (κ3) is 3.21. The van der Waals surface area contributed by atoms with Crippen LogP contribution < -0.4 is 4.57 Å². The highest BCUT2D eigenvalue weighted by Crippen LogP contribution is 2.48. The summed E-state index contributed by atoms with van der Waals surface area (Å²) in [6.45, 7) is 14.6. The smallest absolute Gasteiger partial charge is 0.216 e. The Morgan fingerprint density at radius 1 is 1.03 bits per heavy atom. The van der Waals surface area contributed by atoms with E-state index in [4.69, 9.17) is 11.0 Å². The minimum atomic E-state index is 0.299. The van der Waals surface area contributed by atoms with Gasteiger partial charge in [0.1, 0.15) is 18.2 Å². The van der Waals surface area contributed by atoms with E-state index in [1.807, 2.05) is 0 Å². The van der Waals surface area contributed by atoms with Crippen LogP contribution in [0.3, 0.4) is 0 Å². The first kappa shape index (κ1) is 20.8. The number of pyridine rings is 1. The lowest BCUT2D eigenvalue weighted by molar-refractivity contribution is -0.660. The highest BCUT2D eigenvalue weighted by molar-refractivity contribution is 6.12. The fourth-order valence-electron chi connectivity index (χ4n) is 5.55. The molecule has 1 saturated carbocycles. The number of fused-ring (bicyclic) bond motifs is 3. The number of rotatable bonds is 3. The van der Waals surface area contributed by atoms with Crippen LogP contribution in [0.15, 0.2) is 47.0 Å². The molecule has 4 aromatic rings. The summed E-state index contributed by atoms with van der Waals surface area (Å²) in [7, 11) is 2.08. The number of furan rings is 1. The maximum atomic E-state index is 8.07. The monoisotopic (exact) mass is 423 g/mol. The van der Waals surface area contributed by atoms with Crippen molar-refractivity contribution in [1.82, 2.24) is 0 Å². The van der Waals surface area contributed by atoms with Crippen molar-refractivity contribution in [3.05, 3.63) is 70.7 Å². The summed E-state index contributed by atoms with van der Waals surface area (Å²) < 4.78 is 8.93. The van der Waals surface area contributed by atoms with Crippen LogP contribution in [0.2, 0.25) is 0 Å². The van der Waals surface area contributed by atoms with E-state index in [0.717, 1.165) is 62.9 Å². The van der Waals surface area contributed by atoms with Gasteiger partial charge in [-0.15, -0.1) is 0 Å². The molecule has 3 heteroatoms. The zero-order chi connectivity index (χ0) is 22.4. The van der Waals surface area contributed by atoms with Crippen molar-refractivity contribution in [2.75, 3.05) is 0 Å². The normalized spacial score (nSPS) is 15.0. The second kappa shape index (κ2) is 8.10. The molecule has 0 atom stereocenters. The van der Waals surface area contributed by atoms with Gasteiger partial charge >= 0.3 is 0 Å². The van der Waals surface area contributed by atoms with E-state index in [1.165, 1.54) is 24.8 Å². The average Bonchev–Trinajstić information content (AvgIpc) is 3.17. The molecule has 0 bridgehead atoms. The largest absolute Gasteiger partial charge is 0.456 e. The van der Waals surface area contributed by atoms with Crippen molar-refractivity contribution in [3.63, 3.8) is 0 Å². The van der Waals surface area contributed by atoms with Gasteiger partial charge in [0, 0.05) is 28.5 Å². The van der Waals surface area contributed by atoms with Crippen LogP contribution >= 0.6 is 0 Å². The Labute approximate surface area is 190 Å². The van der Waals surface area contributed by atoms with Crippen LogP contribution in [0.25, 0.3) is 38.0 Å². The van der Waals surface area contributed by atoms with Crippen molar-refractivity contribution in [1.29, 1.82) is 0 Å². The molecule has 32 heavy (non-hydrogen) atoms. The molecule has 5 rings (SSSR count). The Balaban J connectivity index is 1.91. The van der Waals surface area contributed by atoms with Crippen LogP contribution in [0.4, 0.5) is 5.69 Å². The third-order valence-electron chi connectivity index (χ3n) is 7.24. The van der Waals surface area contributed by atoms with E-state index < -0.39 is 0 Å². The zero-order valence-corrected chi connectivity index (χ0v) is 19.5. The molecule has 2 aromatic heterocycles. The molecule has 1 fully saturated rings. The van der Waals surface area contributed by atoms with Crippen LogP contribution in [0.5, 0.6) is 0 Å². The minimum Gasteiger partial charge on any atom is -0.456 e. The van der Waals surface area contributed by atoms with Gasteiger partial charge in [0.05, 0.1) is 12.1 Å². The predicted octanol–water partition coefficient (Wildman–Crippen LogP) is 8.11. The molecular formula is C29H31N2O+. The Morgan fingerprint density at radius 2 is 1.81 bits per heavy atom. The lowest BCUT2D eigenvalue weighted by atomic mass is 9.80. The molecule has 2 heterocycles. The first-order valence-electron chi connectivity index (χ1n) is 11.9. The fourth-order valence-corrected chi connectivity index (χ4v) is 5.55. The first-order valence-corrected chi connectivity index (χ1v) is 11.9. The number of benzene rings is 2. The van der Waals surface area contributed by atoms with E-state index in [-0.39, 0.29) is 0 Å². The minimum absolute atomic E-state index is 0.299. The SMILES string of the molecule is [C-]#[N+]c1c(C(C)C)cc2c(oc3c(-c4cccc[n+]4C)c(C)ccc32)c1C1CCCCC1. The molecule has 3 nitrogen and oxygen atoms in total. The summed E-state index contributed by atoms with van der Waals surface area (Å²) >= 11 is 0. The Hall–Kier alpha value is -3.12. The van der Waals surface area contributed by atoms with Crippen LogP contribution in [-0.2, 0) is 7.05 Å². The van der Waals surface area contributed by atoms with Crippen molar-refractivity contribution < 1.29 is 8.98 Å². The second-order valence-electron chi connectivity index (χ2n) is 9.64. The summed E-state index contributed by atoms with van der Waals surface area (Å²) in [4.78, 5) is 4.09. The summed E-state index contributed by atoms with van der Waals surface area (Å²) in [6, 6.07) is 12.9. The van der Waals surface area contributed by atoms with Crippen molar-refractivity contribution in [2.45, 2.75) is 64.7 Å². The van der Waals surface area contributed by atoms with Crippen molar-refractivity contribution in [3.8, 4) is 11.3 Å². The molecule has 0 amide bonds. The van der Waals surface area contributed by atoms with E-state index in [1.54, 1.807) is 0 Å². The zero-order valence-electron chi connectivity index (χ0n) is 19.5. The first-order chi connectivity index (χ1) is 15.5. The van der Waals surface area contributed by atoms with E-state index in [2.05, 4.69) is 79.8 Å². The Bertz CT molecular complexity index is 1360. The lowest BCUT2D eigenvalue weighted by Gasteiger charge is -2.25. The molecule has 1 aliphatic carbocycles. The standard InChI is InChI=1S/C29H31N2O/c1-18(2)22-17-23-21-15-14-19(3)25(24-13-9-10-16-31(24)5)28(21)32-29(23)26(27(22)30-4)20-11-7-6-8-12-20/h9-10,13-18,20H,6-8,11-12H2,1-3,5H3/q+1. The molecule has 0 saturated heterocycles. The molecule has 0 N–H and O–H groups in total. The number of aryl methyl sites for hydroxylation is 2. The van der Waals surface area contributed by atoms with Crippen LogP contribution in [0.1, 0.15) is 74.5 Å². The Morgan fingerprint density at radius 3 is 2.50 bits per heavy atom. The Kier molecular flexibility index (Phi) is 5.25. The van der Waals surface area contributed by atoms with E-state index in [9.17, 15) is 0 Å². The summed E-state index contributed by atoms with van der Waals surface area (Å²) in [5.74, 6) is 0.708. The molecular weight excluding hydrogens is 392 g/mol. The van der Waals surface area contributed by atoms with E-state index in [0.29, 0.717) is 11.8 Å². The van der Waals surface area contributed by atoms with Gasteiger partial charge in [-0.05, 0) is 48.8 Å². The van der Waals surface area contributed by atoms with Crippen LogP contribution in [-0.4, -0.2) is 0 Å². The van der Waals surface area contributed by atoms with Gasteiger partial charge in [0.15, 0.2) is 11.9 Å². The molecule has 0 unspecified atom stereocenters. The van der Waals surface area contributed by atoms with Gasteiger partial charge in [0.2, 0.25) is 5.69 Å². The van der Waals surface area contributed by atoms with E-state index >= 15 is 0 Å². The molecule has 2 aromatic carbocycles. The quantitative estimate of drug-likeness (QED) is 0.241. The van der Waals surface area contributed by atoms with Crippen LogP contribution in [0, 0.1) is 13.5 Å². The fraction of sp³-hybridized carbons (Fsp3) is 0.379. The molecule has 0 aliphatic heterocycles. The molecule has 0 radical (unpaired) electrons. The van der Waals surface area contributed by atoms with Gasteiger partial charge in [0.25, 0.3) is 0 Å². The summed E-state index contributed by atoms with van der Waals surface area (Å²) in [5, 5.41) is 2.32. The van der Waals surface area contributed by atoms with Gasteiger partial charge in [-0.1, -0.05) is 51.3 Å². The highest BCUT2D eigenvalue weighted by atomic mass is 16.3. The number of hydrogen-bond acceptors (Lipinski definition) is 1. The van der Waals surface area contributed by atoms with Crippen molar-refractivity contribution >= 4 is 27.6 Å². The molecule has 1 aliphatic rings. The predicted molar refractivity (Wildman–Crippen MR) is 131 cm³/mol. The average molecular weight is 424 g/mol. The topological polar surface area (TPSA) is 21.4 Å². The van der Waals surface area contributed by atoms with Gasteiger partial charge < -0.3 is 4.42 Å². The van der Waals surface area contributed by atoms with Gasteiger partial charge in [-0.25, -0.2) is 9.41 Å². The number of hydrogen-bond donors (Lipinski definition) is 0. The summed E-state index contributed by atoms with van der Waals surface area (Å²) in [5.41, 5.74) is 8.52. The van der Waals surface area contributed by atoms with Gasteiger partial charge in [-0.3, -0.25) is 0 Å².